The zero-order valence-electron chi connectivity index (χ0n) is 17.1. The standard InChI is InChI=1S/C23H22F3NO3S/c1-14(13-21(28)29)16-5-9-19(10-6-16)30-12-11-20-15(2)31-22(27-20)17-3-7-18(8-4-17)23(24,25)26/h3-10,14H,11-13H2,1-2H3,(H,28,29). The monoisotopic (exact) mass is 449 g/mol. The predicted molar refractivity (Wildman–Crippen MR) is 114 cm³/mol. The van der Waals surface area contributed by atoms with Gasteiger partial charge in [-0.2, -0.15) is 13.2 Å². The van der Waals surface area contributed by atoms with Crippen molar-refractivity contribution in [1.29, 1.82) is 0 Å². The predicted octanol–water partition coefficient (Wildman–Crippen LogP) is 6.34. The lowest BCUT2D eigenvalue weighted by atomic mass is 9.98. The van der Waals surface area contributed by atoms with Crippen LogP contribution in [0.25, 0.3) is 10.6 Å². The Bertz CT molecular complexity index is 1030. The summed E-state index contributed by atoms with van der Waals surface area (Å²) in [4.78, 5) is 16.4. The van der Waals surface area contributed by atoms with Gasteiger partial charge in [-0.05, 0) is 42.7 Å². The molecule has 1 heterocycles. The van der Waals surface area contributed by atoms with Crippen molar-refractivity contribution in [2.24, 2.45) is 0 Å². The van der Waals surface area contributed by atoms with Crippen LogP contribution in [-0.4, -0.2) is 22.7 Å². The van der Waals surface area contributed by atoms with Crippen molar-refractivity contribution in [2.75, 3.05) is 6.61 Å². The maximum atomic E-state index is 12.7. The van der Waals surface area contributed by atoms with E-state index >= 15 is 0 Å². The molecule has 3 aromatic rings. The lowest BCUT2D eigenvalue weighted by Crippen LogP contribution is -2.04. The van der Waals surface area contributed by atoms with Crippen molar-refractivity contribution in [3.05, 3.63) is 70.2 Å². The van der Waals surface area contributed by atoms with E-state index in [9.17, 15) is 18.0 Å². The Morgan fingerprint density at radius 3 is 2.35 bits per heavy atom. The number of carbonyl (C=O) groups is 1. The summed E-state index contributed by atoms with van der Waals surface area (Å²) in [6.45, 7) is 4.20. The third-order valence-electron chi connectivity index (χ3n) is 4.89. The van der Waals surface area contributed by atoms with E-state index < -0.39 is 17.7 Å². The van der Waals surface area contributed by atoms with Gasteiger partial charge >= 0.3 is 12.1 Å². The fraction of sp³-hybridized carbons (Fsp3) is 0.304. The Morgan fingerprint density at radius 2 is 1.77 bits per heavy atom. The molecule has 0 amide bonds. The van der Waals surface area contributed by atoms with Gasteiger partial charge < -0.3 is 9.84 Å². The number of carboxylic acids is 1. The number of aliphatic carboxylic acids is 1. The number of halogens is 3. The summed E-state index contributed by atoms with van der Waals surface area (Å²) in [7, 11) is 0. The first-order valence-electron chi connectivity index (χ1n) is 9.72. The van der Waals surface area contributed by atoms with E-state index in [4.69, 9.17) is 9.84 Å². The second kappa shape index (κ2) is 9.51. The SMILES string of the molecule is Cc1sc(-c2ccc(C(F)(F)F)cc2)nc1CCOc1ccc(C(C)CC(=O)O)cc1. The lowest BCUT2D eigenvalue weighted by Gasteiger charge is -2.11. The first-order valence-corrected chi connectivity index (χ1v) is 10.5. The van der Waals surface area contributed by atoms with Gasteiger partial charge in [-0.25, -0.2) is 4.98 Å². The summed E-state index contributed by atoms with van der Waals surface area (Å²) >= 11 is 1.44. The molecule has 0 aliphatic carbocycles. The molecule has 0 radical (unpaired) electrons. The first-order chi connectivity index (χ1) is 14.6. The Balaban J connectivity index is 1.58. The van der Waals surface area contributed by atoms with Crippen molar-refractivity contribution in [3.8, 4) is 16.3 Å². The number of hydrogen-bond acceptors (Lipinski definition) is 4. The molecule has 0 saturated heterocycles. The molecule has 3 rings (SSSR count). The van der Waals surface area contributed by atoms with E-state index in [1.807, 2.05) is 38.1 Å². The van der Waals surface area contributed by atoms with Crippen LogP contribution in [0.5, 0.6) is 5.75 Å². The maximum absolute atomic E-state index is 12.7. The van der Waals surface area contributed by atoms with Crippen LogP contribution in [0.1, 0.15) is 41.0 Å². The van der Waals surface area contributed by atoms with Crippen LogP contribution in [0.2, 0.25) is 0 Å². The summed E-state index contributed by atoms with van der Waals surface area (Å²) < 4.78 is 44.0. The van der Waals surface area contributed by atoms with Gasteiger partial charge in [-0.1, -0.05) is 31.2 Å². The number of aryl methyl sites for hydroxylation is 1. The van der Waals surface area contributed by atoms with E-state index in [1.165, 1.54) is 23.5 Å². The largest absolute Gasteiger partial charge is 0.493 e. The Morgan fingerprint density at radius 1 is 1.13 bits per heavy atom. The van der Waals surface area contributed by atoms with Crippen LogP contribution in [0, 0.1) is 6.92 Å². The van der Waals surface area contributed by atoms with Gasteiger partial charge in [0.05, 0.1) is 24.3 Å². The van der Waals surface area contributed by atoms with Gasteiger partial charge in [0.1, 0.15) is 10.8 Å². The number of ether oxygens (including phenoxy) is 1. The lowest BCUT2D eigenvalue weighted by molar-refractivity contribution is -0.138. The van der Waals surface area contributed by atoms with Gasteiger partial charge in [0.2, 0.25) is 0 Å². The van der Waals surface area contributed by atoms with Crippen molar-refractivity contribution in [3.63, 3.8) is 0 Å². The molecule has 0 bridgehead atoms. The van der Waals surface area contributed by atoms with Gasteiger partial charge in [-0.3, -0.25) is 4.79 Å². The fourth-order valence-corrected chi connectivity index (χ4v) is 4.09. The highest BCUT2D eigenvalue weighted by Crippen LogP contribution is 2.33. The smallest absolute Gasteiger partial charge is 0.416 e. The molecule has 1 aromatic heterocycles. The van der Waals surface area contributed by atoms with Crippen molar-refractivity contribution in [2.45, 2.75) is 38.8 Å². The average Bonchev–Trinajstić information content (AvgIpc) is 3.08. The Labute approximate surface area is 182 Å². The Kier molecular flexibility index (Phi) is 7.00. The third kappa shape index (κ3) is 6.07. The molecule has 1 N–H and O–H groups in total. The molecule has 2 aromatic carbocycles. The van der Waals surface area contributed by atoms with E-state index in [0.29, 0.717) is 29.3 Å². The van der Waals surface area contributed by atoms with Gasteiger partial charge in [0, 0.05) is 16.9 Å². The average molecular weight is 449 g/mol. The number of thiazole rings is 1. The minimum atomic E-state index is -4.35. The molecular weight excluding hydrogens is 427 g/mol. The molecule has 0 saturated carbocycles. The van der Waals surface area contributed by atoms with Crippen molar-refractivity contribution < 1.29 is 27.8 Å². The molecule has 0 fully saturated rings. The molecule has 31 heavy (non-hydrogen) atoms. The second-order valence-corrected chi connectivity index (χ2v) is 8.47. The second-order valence-electron chi connectivity index (χ2n) is 7.26. The number of carboxylic acid groups (broad SMARTS) is 1. The summed E-state index contributed by atoms with van der Waals surface area (Å²) in [6.07, 6.45) is -3.71. The molecule has 0 aliphatic heterocycles. The minimum absolute atomic E-state index is 0.0740. The maximum Gasteiger partial charge on any atom is 0.416 e. The topological polar surface area (TPSA) is 59.4 Å². The quantitative estimate of drug-likeness (QED) is 0.436. The molecular formula is C23H22F3NO3S. The first kappa shape index (κ1) is 22.8. The zero-order chi connectivity index (χ0) is 22.6. The molecule has 1 unspecified atom stereocenters. The normalized spacial score (nSPS) is 12.5. The van der Waals surface area contributed by atoms with E-state index in [2.05, 4.69) is 4.98 Å². The van der Waals surface area contributed by atoms with Crippen LogP contribution in [0.15, 0.2) is 48.5 Å². The molecule has 8 heteroatoms. The molecule has 0 aliphatic rings. The van der Waals surface area contributed by atoms with Gasteiger partial charge in [0.25, 0.3) is 0 Å². The molecule has 4 nitrogen and oxygen atoms in total. The highest BCUT2D eigenvalue weighted by Gasteiger charge is 2.30. The highest BCUT2D eigenvalue weighted by molar-refractivity contribution is 7.15. The third-order valence-corrected chi connectivity index (χ3v) is 5.95. The molecule has 0 spiro atoms. The van der Waals surface area contributed by atoms with Crippen LogP contribution >= 0.6 is 11.3 Å². The summed E-state index contributed by atoms with van der Waals surface area (Å²) in [5.41, 5.74) is 1.76. The summed E-state index contributed by atoms with van der Waals surface area (Å²) in [6, 6.07) is 12.4. The minimum Gasteiger partial charge on any atom is -0.493 e. The van der Waals surface area contributed by atoms with Gasteiger partial charge in [-0.15, -0.1) is 11.3 Å². The number of rotatable bonds is 8. The fourth-order valence-electron chi connectivity index (χ4n) is 3.12. The van der Waals surface area contributed by atoms with Crippen molar-refractivity contribution >= 4 is 17.3 Å². The van der Waals surface area contributed by atoms with Crippen LogP contribution < -0.4 is 4.74 Å². The molecule has 164 valence electrons. The number of aromatic nitrogens is 1. The summed E-state index contributed by atoms with van der Waals surface area (Å²) in [5.74, 6) is -0.225. The van der Waals surface area contributed by atoms with E-state index in [-0.39, 0.29) is 12.3 Å². The Hall–Kier alpha value is -2.87. The van der Waals surface area contributed by atoms with Crippen molar-refractivity contribution in [1.82, 2.24) is 4.98 Å². The number of alkyl halides is 3. The molecule has 1 atom stereocenters. The van der Waals surface area contributed by atoms with Crippen LogP contribution in [0.3, 0.4) is 0 Å². The number of nitrogens with zero attached hydrogens (tertiary/aromatic N) is 1. The number of benzene rings is 2. The zero-order valence-corrected chi connectivity index (χ0v) is 17.9. The van der Waals surface area contributed by atoms with E-state index in [1.54, 1.807) is 0 Å². The van der Waals surface area contributed by atoms with Crippen LogP contribution in [-0.2, 0) is 17.4 Å². The number of hydrogen-bond donors (Lipinski definition) is 1. The van der Waals surface area contributed by atoms with Gasteiger partial charge in [0.15, 0.2) is 0 Å². The highest BCUT2D eigenvalue weighted by atomic mass is 32.1. The van der Waals surface area contributed by atoms with Crippen LogP contribution in [0.4, 0.5) is 13.2 Å². The van der Waals surface area contributed by atoms with E-state index in [0.717, 1.165) is 28.3 Å². The summed E-state index contributed by atoms with van der Waals surface area (Å²) in [5, 5.41) is 9.57.